The van der Waals surface area contributed by atoms with Crippen molar-refractivity contribution in [2.45, 2.75) is 13.8 Å². The van der Waals surface area contributed by atoms with Gasteiger partial charge in [0.05, 0.1) is 0 Å². The van der Waals surface area contributed by atoms with Gasteiger partial charge in [0.1, 0.15) is 0 Å². The fourth-order valence-electron chi connectivity index (χ4n) is 0.631. The Kier molecular flexibility index (Phi) is 3.28. The van der Waals surface area contributed by atoms with Crippen LogP contribution < -0.4 is 5.32 Å². The summed E-state index contributed by atoms with van der Waals surface area (Å²) in [6.07, 6.45) is 0. The van der Waals surface area contributed by atoms with Crippen molar-refractivity contribution >= 4 is 41.4 Å². The van der Waals surface area contributed by atoms with Gasteiger partial charge >= 0.3 is 0 Å². The Balaban J connectivity index is 0.000000810. The van der Waals surface area contributed by atoms with Crippen LogP contribution in [0.2, 0.25) is 0 Å². The minimum absolute atomic E-state index is 0. The Bertz CT molecular complexity index is 198. The van der Waals surface area contributed by atoms with E-state index in [0.29, 0.717) is 11.1 Å². The fourth-order valence-corrected chi connectivity index (χ4v) is 0.631. The number of hydrogen-bond donors (Lipinski definition) is 1. The van der Waals surface area contributed by atoms with Crippen molar-refractivity contribution in [1.29, 1.82) is 0 Å². The van der Waals surface area contributed by atoms with Gasteiger partial charge in [-0.15, -0.1) is 0 Å². The number of carbonyl (C=O) groups is 2. The maximum atomic E-state index is 10.6. The van der Waals surface area contributed by atoms with Crippen LogP contribution in [0.1, 0.15) is 13.8 Å². The van der Waals surface area contributed by atoms with Gasteiger partial charge in [0.25, 0.3) is 11.8 Å². The van der Waals surface area contributed by atoms with E-state index in [9.17, 15) is 9.59 Å². The fraction of sp³-hybridized carbons (Fsp3) is 0.333. The van der Waals surface area contributed by atoms with Crippen LogP contribution in [0.15, 0.2) is 11.1 Å². The third kappa shape index (κ3) is 1.48. The Hall–Kier alpha value is -0.120. The zero-order valence-corrected chi connectivity index (χ0v) is 8.32. The van der Waals surface area contributed by atoms with Crippen LogP contribution in [-0.4, -0.2) is 41.4 Å². The molecule has 0 aliphatic carbocycles. The summed E-state index contributed by atoms with van der Waals surface area (Å²) in [5.74, 6) is -0.532. The molecule has 49 valence electrons. The van der Waals surface area contributed by atoms with Crippen molar-refractivity contribution in [3.8, 4) is 0 Å². The molecule has 0 saturated heterocycles. The van der Waals surface area contributed by atoms with Gasteiger partial charge in [-0.05, 0) is 13.8 Å². The van der Waals surface area contributed by atoms with Crippen molar-refractivity contribution in [2.75, 3.05) is 0 Å². The van der Waals surface area contributed by atoms with Gasteiger partial charge in [0.2, 0.25) is 0 Å². The Morgan fingerprint density at radius 2 is 1.30 bits per heavy atom. The quantitative estimate of drug-likeness (QED) is 0.375. The van der Waals surface area contributed by atoms with E-state index in [1.165, 1.54) is 0 Å². The van der Waals surface area contributed by atoms with Crippen LogP contribution >= 0.6 is 0 Å². The minimum Gasteiger partial charge on any atom is -0.289 e. The van der Waals surface area contributed by atoms with Gasteiger partial charge in [0.15, 0.2) is 0 Å². The molecule has 1 rings (SSSR count). The SMILES string of the molecule is CC1=C(C)C(=O)NC1=O.[Na]. The summed E-state index contributed by atoms with van der Waals surface area (Å²) in [5, 5.41) is 2.16. The molecule has 0 aromatic carbocycles. The largest absolute Gasteiger partial charge is 0.289 e. The molecule has 0 aromatic rings. The van der Waals surface area contributed by atoms with Gasteiger partial charge in [-0.1, -0.05) is 0 Å². The molecular formula is C6H7NNaO2. The minimum atomic E-state index is -0.266. The van der Waals surface area contributed by atoms with Gasteiger partial charge < -0.3 is 0 Å². The average Bonchev–Trinajstić information content (AvgIpc) is 1.98. The first-order valence-electron chi connectivity index (χ1n) is 2.66. The number of imide groups is 1. The summed E-state index contributed by atoms with van der Waals surface area (Å²) in [5.41, 5.74) is 1.06. The second kappa shape index (κ2) is 3.32. The first-order chi connectivity index (χ1) is 4.13. The Morgan fingerprint density at radius 3 is 1.40 bits per heavy atom. The maximum Gasteiger partial charge on any atom is 0.254 e. The van der Waals surface area contributed by atoms with E-state index in [4.69, 9.17) is 0 Å². The predicted molar refractivity (Wildman–Crippen MR) is 37.3 cm³/mol. The van der Waals surface area contributed by atoms with Crippen molar-refractivity contribution in [2.24, 2.45) is 0 Å². The molecule has 0 spiro atoms. The second-order valence-corrected chi connectivity index (χ2v) is 2.03. The smallest absolute Gasteiger partial charge is 0.254 e. The molecule has 1 heterocycles. The normalized spacial score (nSPS) is 17.0. The molecule has 1 aliphatic rings. The van der Waals surface area contributed by atoms with E-state index < -0.39 is 0 Å². The predicted octanol–water partition coefficient (Wildman–Crippen LogP) is -0.402. The summed E-state index contributed by atoms with van der Waals surface area (Å²) in [6, 6.07) is 0. The maximum absolute atomic E-state index is 10.6. The molecule has 1 aliphatic heterocycles. The van der Waals surface area contributed by atoms with E-state index in [-0.39, 0.29) is 41.4 Å². The van der Waals surface area contributed by atoms with Crippen molar-refractivity contribution in [3.05, 3.63) is 11.1 Å². The molecule has 4 heteroatoms. The average molecular weight is 148 g/mol. The van der Waals surface area contributed by atoms with Crippen LogP contribution in [0.4, 0.5) is 0 Å². The van der Waals surface area contributed by atoms with E-state index in [1.807, 2.05) is 0 Å². The van der Waals surface area contributed by atoms with Crippen LogP contribution in [0, 0.1) is 0 Å². The molecule has 0 atom stereocenters. The summed E-state index contributed by atoms with van der Waals surface area (Å²) >= 11 is 0. The van der Waals surface area contributed by atoms with Crippen LogP contribution in [0.5, 0.6) is 0 Å². The molecule has 0 saturated carbocycles. The van der Waals surface area contributed by atoms with Crippen LogP contribution in [-0.2, 0) is 9.59 Å². The summed E-state index contributed by atoms with van der Waals surface area (Å²) in [6.45, 7) is 3.27. The molecule has 0 aromatic heterocycles. The first kappa shape index (κ1) is 9.88. The first-order valence-corrected chi connectivity index (χ1v) is 2.66. The number of hydrogen-bond acceptors (Lipinski definition) is 2. The summed E-state index contributed by atoms with van der Waals surface area (Å²) < 4.78 is 0. The van der Waals surface area contributed by atoms with Crippen molar-refractivity contribution in [1.82, 2.24) is 5.32 Å². The Labute approximate surface area is 81.2 Å². The molecule has 1 radical (unpaired) electrons. The van der Waals surface area contributed by atoms with Gasteiger partial charge in [-0.2, -0.15) is 0 Å². The summed E-state index contributed by atoms with van der Waals surface area (Å²) in [7, 11) is 0. The number of amides is 2. The molecule has 0 bridgehead atoms. The molecule has 1 N–H and O–H groups in total. The number of carbonyl (C=O) groups excluding carboxylic acids is 2. The topological polar surface area (TPSA) is 46.2 Å². The standard InChI is InChI=1S/C6H7NO2.Na/c1-3-4(2)6(9)7-5(3)8;/h1-2H3,(H,7,8,9);. The van der Waals surface area contributed by atoms with E-state index >= 15 is 0 Å². The van der Waals surface area contributed by atoms with Crippen LogP contribution in [0.25, 0.3) is 0 Å². The van der Waals surface area contributed by atoms with Gasteiger partial charge in [-0.25, -0.2) is 0 Å². The van der Waals surface area contributed by atoms with Crippen LogP contribution in [0.3, 0.4) is 0 Å². The van der Waals surface area contributed by atoms with Crippen molar-refractivity contribution in [3.63, 3.8) is 0 Å². The third-order valence-corrected chi connectivity index (χ3v) is 1.47. The molecule has 3 nitrogen and oxygen atoms in total. The monoisotopic (exact) mass is 148 g/mol. The Morgan fingerprint density at radius 1 is 1.00 bits per heavy atom. The van der Waals surface area contributed by atoms with E-state index in [2.05, 4.69) is 5.32 Å². The van der Waals surface area contributed by atoms with Crippen molar-refractivity contribution < 1.29 is 9.59 Å². The molecule has 0 unspecified atom stereocenters. The molecule has 0 fully saturated rings. The van der Waals surface area contributed by atoms with E-state index in [0.717, 1.165) is 0 Å². The third-order valence-electron chi connectivity index (χ3n) is 1.47. The molecule has 10 heavy (non-hydrogen) atoms. The van der Waals surface area contributed by atoms with Gasteiger partial charge in [0, 0.05) is 40.7 Å². The second-order valence-electron chi connectivity index (χ2n) is 2.03. The molecular weight excluding hydrogens is 141 g/mol. The van der Waals surface area contributed by atoms with Gasteiger partial charge in [-0.3, -0.25) is 14.9 Å². The molecule has 2 amide bonds. The summed E-state index contributed by atoms with van der Waals surface area (Å²) in [4.78, 5) is 21.2. The zero-order valence-electron chi connectivity index (χ0n) is 6.32. The number of nitrogens with one attached hydrogen (secondary N) is 1. The van der Waals surface area contributed by atoms with E-state index in [1.54, 1.807) is 13.8 Å². The zero-order chi connectivity index (χ0) is 7.02. The number of rotatable bonds is 0.